The lowest BCUT2D eigenvalue weighted by atomic mass is 10.0. The maximum absolute atomic E-state index is 14.0. The van der Waals surface area contributed by atoms with Crippen LogP contribution in [0.3, 0.4) is 0 Å². The summed E-state index contributed by atoms with van der Waals surface area (Å²) in [6, 6.07) is 8.67. The number of nitrogens with one attached hydrogen (secondary N) is 1. The minimum atomic E-state index is -4.96. The van der Waals surface area contributed by atoms with E-state index in [1.807, 2.05) is 0 Å². The molecule has 0 spiro atoms. The van der Waals surface area contributed by atoms with Crippen LogP contribution in [0.2, 0.25) is 0 Å². The minimum Gasteiger partial charge on any atom is -0.465 e. The van der Waals surface area contributed by atoms with Gasteiger partial charge >= 0.3 is 18.3 Å². The summed E-state index contributed by atoms with van der Waals surface area (Å²) in [5.74, 6) is -1.75. The molecule has 0 saturated heterocycles. The zero-order chi connectivity index (χ0) is 30.3. The largest absolute Gasteiger partial charge is 0.465 e. The molecule has 41 heavy (non-hydrogen) atoms. The molecule has 3 aromatic rings. The average Bonchev–Trinajstić information content (AvgIpc) is 3.47. The number of alkyl halides is 6. The molecule has 14 heteroatoms. The van der Waals surface area contributed by atoms with Crippen LogP contribution in [0.25, 0.3) is 0 Å². The maximum atomic E-state index is 14.0. The van der Waals surface area contributed by atoms with E-state index in [0.29, 0.717) is 5.56 Å². The predicted octanol–water partition coefficient (Wildman–Crippen LogP) is 5.28. The number of ether oxygens (including phenoxy) is 1. The number of amides is 1. The summed E-state index contributed by atoms with van der Waals surface area (Å²) in [4.78, 5) is 27.9. The fraction of sp³-hybridized carbons (Fsp3) is 0.370. The van der Waals surface area contributed by atoms with E-state index in [0.717, 1.165) is 16.8 Å². The zero-order valence-electron chi connectivity index (χ0n) is 22.5. The highest BCUT2D eigenvalue weighted by molar-refractivity contribution is 6.01. The lowest BCUT2D eigenvalue weighted by molar-refractivity contribution is -0.142. The van der Waals surface area contributed by atoms with Crippen LogP contribution >= 0.6 is 0 Å². The number of methoxy groups -OCH3 is 1. The lowest BCUT2D eigenvalue weighted by Crippen LogP contribution is -2.31. The van der Waals surface area contributed by atoms with E-state index in [-0.39, 0.29) is 42.3 Å². The summed E-state index contributed by atoms with van der Waals surface area (Å²) >= 11 is 0. The highest BCUT2D eigenvalue weighted by Gasteiger charge is 2.44. The van der Waals surface area contributed by atoms with Crippen molar-refractivity contribution in [2.45, 2.75) is 38.4 Å². The third kappa shape index (κ3) is 6.25. The molecule has 2 heterocycles. The first kappa shape index (κ1) is 29.7. The Morgan fingerprint density at radius 2 is 1.68 bits per heavy atom. The first-order valence-electron chi connectivity index (χ1n) is 12.4. The number of halogens is 6. The summed E-state index contributed by atoms with van der Waals surface area (Å²) in [6.07, 6.45) is -9.59. The predicted molar refractivity (Wildman–Crippen MR) is 138 cm³/mol. The molecule has 2 aromatic carbocycles. The van der Waals surface area contributed by atoms with Gasteiger partial charge in [0.25, 0.3) is 5.91 Å². The Hall–Kier alpha value is -4.23. The van der Waals surface area contributed by atoms with Gasteiger partial charge in [-0.2, -0.15) is 31.4 Å². The number of nitrogens with zero attached hydrogens (tertiary/aromatic N) is 4. The number of hydrogen-bond donors (Lipinski definition) is 1. The van der Waals surface area contributed by atoms with Crippen LogP contribution in [0, 0.1) is 0 Å². The zero-order valence-corrected chi connectivity index (χ0v) is 22.5. The van der Waals surface area contributed by atoms with E-state index in [1.165, 1.54) is 47.2 Å². The van der Waals surface area contributed by atoms with Crippen LogP contribution in [0.4, 0.5) is 37.8 Å². The third-order valence-electron chi connectivity index (χ3n) is 6.68. The molecule has 1 atom stereocenters. The van der Waals surface area contributed by atoms with Gasteiger partial charge in [-0.05, 0) is 48.4 Å². The molecule has 0 unspecified atom stereocenters. The van der Waals surface area contributed by atoms with Gasteiger partial charge in [-0.15, -0.1) is 0 Å². The van der Waals surface area contributed by atoms with E-state index < -0.39 is 47.1 Å². The number of anilines is 2. The molecule has 0 bridgehead atoms. The lowest BCUT2D eigenvalue weighted by Gasteiger charge is -2.23. The molecule has 4 rings (SSSR count). The van der Waals surface area contributed by atoms with Crippen molar-refractivity contribution in [1.82, 2.24) is 15.1 Å². The van der Waals surface area contributed by atoms with E-state index in [1.54, 1.807) is 21.0 Å². The Morgan fingerprint density at radius 3 is 2.24 bits per heavy atom. The summed E-state index contributed by atoms with van der Waals surface area (Å²) in [5.41, 5.74) is -1.76. The van der Waals surface area contributed by atoms with Crippen LogP contribution in [0.1, 0.15) is 56.1 Å². The molecular weight excluding hydrogens is 556 g/mol. The number of benzene rings is 2. The molecule has 1 N–H and O–H groups in total. The van der Waals surface area contributed by atoms with Crippen LogP contribution in [0.15, 0.2) is 42.5 Å². The highest BCUT2D eigenvalue weighted by Crippen LogP contribution is 2.39. The number of carbonyl (C=O) groups is 2. The van der Waals surface area contributed by atoms with Crippen LogP contribution in [0.5, 0.6) is 0 Å². The van der Waals surface area contributed by atoms with Crippen molar-refractivity contribution in [3.05, 3.63) is 76.0 Å². The summed E-state index contributed by atoms with van der Waals surface area (Å²) in [5, 5.41) is 6.20. The van der Waals surface area contributed by atoms with Crippen molar-refractivity contribution in [3.8, 4) is 0 Å². The van der Waals surface area contributed by atoms with Gasteiger partial charge in [0.15, 0.2) is 5.69 Å². The molecule has 8 nitrogen and oxygen atoms in total. The Morgan fingerprint density at radius 1 is 1.02 bits per heavy atom. The third-order valence-corrected chi connectivity index (χ3v) is 6.68. The molecule has 1 amide bonds. The van der Waals surface area contributed by atoms with Gasteiger partial charge in [0.1, 0.15) is 11.4 Å². The molecule has 0 aliphatic carbocycles. The van der Waals surface area contributed by atoms with E-state index in [9.17, 15) is 35.9 Å². The first-order chi connectivity index (χ1) is 19.1. The number of hydrogen-bond acceptors (Lipinski definition) is 6. The minimum absolute atomic E-state index is 0.00966. The Kier molecular flexibility index (Phi) is 7.96. The Balaban J connectivity index is 1.67. The molecule has 1 aliphatic rings. The second kappa shape index (κ2) is 11.0. The number of esters is 1. The SMILES string of the molecule is COC(=O)c1ccc([C@H](C)NC(=O)c2c(C(F)(F)F)nn3c2N(Cc2cc(N(C)C)cc(C(F)(F)F)c2)CC3)cc1. The molecule has 0 fully saturated rings. The number of carbonyl (C=O) groups excluding carboxylic acids is 2. The normalized spacial score (nSPS) is 14.0. The van der Waals surface area contributed by atoms with Gasteiger partial charge in [-0.3, -0.25) is 4.79 Å². The summed E-state index contributed by atoms with van der Waals surface area (Å²) < 4.78 is 88.4. The molecule has 220 valence electrons. The topological polar surface area (TPSA) is 79.7 Å². The summed E-state index contributed by atoms with van der Waals surface area (Å²) in [7, 11) is 4.37. The highest BCUT2D eigenvalue weighted by atomic mass is 19.4. The quantitative estimate of drug-likeness (QED) is 0.301. The van der Waals surface area contributed by atoms with Gasteiger partial charge in [0.05, 0.1) is 30.8 Å². The number of rotatable bonds is 7. The molecule has 0 saturated carbocycles. The van der Waals surface area contributed by atoms with Gasteiger partial charge in [-0.25, -0.2) is 9.48 Å². The molecule has 1 aromatic heterocycles. The van der Waals surface area contributed by atoms with Crippen LogP contribution < -0.4 is 15.1 Å². The van der Waals surface area contributed by atoms with E-state index in [2.05, 4.69) is 15.2 Å². The molecule has 0 radical (unpaired) electrons. The smallest absolute Gasteiger partial charge is 0.436 e. The average molecular weight is 584 g/mol. The van der Waals surface area contributed by atoms with E-state index in [4.69, 9.17) is 0 Å². The van der Waals surface area contributed by atoms with Gasteiger partial charge < -0.3 is 19.9 Å². The number of aromatic nitrogens is 2. The van der Waals surface area contributed by atoms with Gasteiger partial charge in [-0.1, -0.05) is 12.1 Å². The van der Waals surface area contributed by atoms with E-state index >= 15 is 0 Å². The second-order valence-corrected chi connectivity index (χ2v) is 9.78. The standard InChI is InChI=1S/C27H27F6N5O3/c1-15(17-5-7-18(8-6-17)25(40)41-4)34-23(39)21-22(27(31,32)33)35-38-10-9-37(24(21)38)14-16-11-19(26(28,29)30)13-20(12-16)36(2)3/h5-8,11-13,15H,9-10,14H2,1-4H3,(H,34,39)/t15-/m0/s1. The molecular formula is C27H27F6N5O3. The maximum Gasteiger partial charge on any atom is 0.436 e. The fourth-order valence-electron chi connectivity index (χ4n) is 4.60. The van der Waals surface area contributed by atoms with Crippen molar-refractivity contribution in [3.63, 3.8) is 0 Å². The van der Waals surface area contributed by atoms with Gasteiger partial charge in [0.2, 0.25) is 0 Å². The van der Waals surface area contributed by atoms with Crippen molar-refractivity contribution in [2.24, 2.45) is 0 Å². The molecule has 1 aliphatic heterocycles. The fourth-order valence-corrected chi connectivity index (χ4v) is 4.60. The summed E-state index contributed by atoms with van der Waals surface area (Å²) in [6.45, 7) is 1.53. The van der Waals surface area contributed by atoms with Crippen molar-refractivity contribution < 1.29 is 40.7 Å². The monoisotopic (exact) mass is 583 g/mol. The van der Waals surface area contributed by atoms with Crippen molar-refractivity contribution in [1.29, 1.82) is 0 Å². The van der Waals surface area contributed by atoms with Crippen LogP contribution in [-0.2, 0) is 30.2 Å². The van der Waals surface area contributed by atoms with Gasteiger partial charge in [0, 0.05) is 32.9 Å². The second-order valence-electron chi connectivity index (χ2n) is 9.78. The Labute approximate surface area is 231 Å². The number of fused-ring (bicyclic) bond motifs is 1. The first-order valence-corrected chi connectivity index (χ1v) is 12.4. The van der Waals surface area contributed by atoms with Crippen molar-refractivity contribution >= 4 is 23.4 Å². The Bertz CT molecular complexity index is 1450. The van der Waals surface area contributed by atoms with Crippen molar-refractivity contribution in [2.75, 3.05) is 37.5 Å². The van der Waals surface area contributed by atoms with Crippen LogP contribution in [-0.4, -0.2) is 49.4 Å².